The molecule has 0 bridgehead atoms. The zero-order valence-electron chi connectivity index (χ0n) is 18.7. The van der Waals surface area contributed by atoms with Crippen LogP contribution in [0.2, 0.25) is 0 Å². The first kappa shape index (κ1) is 22.6. The fourth-order valence-electron chi connectivity index (χ4n) is 4.92. The van der Waals surface area contributed by atoms with Gasteiger partial charge in [0.2, 0.25) is 10.0 Å². The molecule has 2 N–H and O–H groups in total. The van der Waals surface area contributed by atoms with Gasteiger partial charge < -0.3 is 10.4 Å². The van der Waals surface area contributed by atoms with Gasteiger partial charge >= 0.3 is 0 Å². The minimum atomic E-state index is -3.73. The number of nitrogens with one attached hydrogen (secondary N) is 1. The minimum absolute atomic E-state index is 0.0656. The van der Waals surface area contributed by atoms with Gasteiger partial charge in [0.1, 0.15) is 5.82 Å². The van der Waals surface area contributed by atoms with E-state index in [0.717, 1.165) is 16.8 Å². The minimum Gasteiger partial charge on any atom is -0.394 e. The number of nitrogens with zero attached hydrogens (tertiary/aromatic N) is 1. The molecule has 0 aliphatic carbocycles. The van der Waals surface area contributed by atoms with E-state index in [-0.39, 0.29) is 29.3 Å². The summed E-state index contributed by atoms with van der Waals surface area (Å²) in [4.78, 5) is 0.265. The first-order valence-electron chi connectivity index (χ1n) is 11.2. The molecule has 0 aromatic heterocycles. The Kier molecular flexibility index (Phi) is 5.90. The van der Waals surface area contributed by atoms with E-state index in [0.29, 0.717) is 24.1 Å². The predicted octanol–water partition coefficient (Wildman–Crippen LogP) is 4.07. The second-order valence-corrected chi connectivity index (χ2v) is 10.7. The molecule has 2 heterocycles. The molecule has 2 aliphatic rings. The lowest BCUT2D eigenvalue weighted by Gasteiger charge is -2.38. The van der Waals surface area contributed by atoms with Gasteiger partial charge in [-0.15, -0.1) is 0 Å². The first-order valence-corrected chi connectivity index (χ1v) is 12.7. The molecule has 3 aromatic rings. The Balaban J connectivity index is 1.55. The van der Waals surface area contributed by atoms with Crippen molar-refractivity contribution in [3.8, 4) is 11.8 Å². The summed E-state index contributed by atoms with van der Waals surface area (Å²) >= 11 is 0. The molecule has 0 saturated carbocycles. The molecular formula is C27H25FN2O3S. The standard InChI is InChI=1S/C27H25FN2O3S/c1-18-5-10-22(11-6-18)34(32,33)30-14-13-23-26(17-31)29-25-12-9-20(16-24(25)27(23)30)8-7-19-3-2-4-21(28)15-19/h2-6,9-12,15-16,23,26-27,29,31H,13-14,17H2,1H3/t23-,26+,27-/m0/s1. The summed E-state index contributed by atoms with van der Waals surface area (Å²) in [5.74, 6) is 5.64. The maximum atomic E-state index is 13.6. The highest BCUT2D eigenvalue weighted by molar-refractivity contribution is 7.89. The Bertz CT molecular complexity index is 1390. The molecule has 5 rings (SSSR count). The number of anilines is 1. The van der Waals surface area contributed by atoms with Crippen molar-refractivity contribution in [2.75, 3.05) is 18.5 Å². The van der Waals surface area contributed by atoms with Gasteiger partial charge in [-0.05, 0) is 67.4 Å². The molecule has 5 nitrogen and oxygen atoms in total. The third kappa shape index (κ3) is 4.09. The van der Waals surface area contributed by atoms with Gasteiger partial charge in [0.25, 0.3) is 0 Å². The molecule has 0 radical (unpaired) electrons. The lowest BCUT2D eigenvalue weighted by atomic mass is 9.83. The maximum absolute atomic E-state index is 13.6. The number of aliphatic hydroxyl groups is 1. The molecule has 174 valence electrons. The van der Waals surface area contributed by atoms with Gasteiger partial charge in [-0.1, -0.05) is 35.6 Å². The third-order valence-electron chi connectivity index (χ3n) is 6.63. The molecular weight excluding hydrogens is 451 g/mol. The lowest BCUT2D eigenvalue weighted by Crippen LogP contribution is -2.42. The van der Waals surface area contributed by atoms with Crippen molar-refractivity contribution < 1.29 is 17.9 Å². The van der Waals surface area contributed by atoms with Crippen LogP contribution in [0.1, 0.15) is 34.7 Å². The topological polar surface area (TPSA) is 69.6 Å². The molecule has 2 aliphatic heterocycles. The Hall–Kier alpha value is -3.18. The fourth-order valence-corrected chi connectivity index (χ4v) is 6.59. The summed E-state index contributed by atoms with van der Waals surface area (Å²) in [5, 5.41) is 13.4. The number of hydrogen-bond acceptors (Lipinski definition) is 4. The van der Waals surface area contributed by atoms with Crippen LogP contribution in [-0.2, 0) is 10.0 Å². The lowest BCUT2D eigenvalue weighted by molar-refractivity contribution is 0.210. The van der Waals surface area contributed by atoms with Crippen LogP contribution in [0.4, 0.5) is 10.1 Å². The number of aliphatic hydroxyl groups excluding tert-OH is 1. The van der Waals surface area contributed by atoms with Gasteiger partial charge in [0.05, 0.1) is 23.6 Å². The third-order valence-corrected chi connectivity index (χ3v) is 8.52. The van der Waals surface area contributed by atoms with E-state index in [1.807, 2.05) is 25.1 Å². The summed E-state index contributed by atoms with van der Waals surface area (Å²) in [6, 6.07) is 18.0. The molecule has 1 fully saturated rings. The van der Waals surface area contributed by atoms with Crippen molar-refractivity contribution in [2.45, 2.75) is 30.3 Å². The number of fused-ring (bicyclic) bond motifs is 3. The van der Waals surface area contributed by atoms with E-state index in [1.165, 1.54) is 12.1 Å². The Morgan fingerprint density at radius 3 is 2.50 bits per heavy atom. The summed E-state index contributed by atoms with van der Waals surface area (Å²) in [6.45, 7) is 2.21. The molecule has 3 aromatic carbocycles. The zero-order chi connectivity index (χ0) is 23.9. The second kappa shape index (κ2) is 8.88. The fraction of sp³-hybridized carbons (Fsp3) is 0.259. The molecule has 0 amide bonds. The van der Waals surface area contributed by atoms with Crippen molar-refractivity contribution in [3.05, 3.63) is 94.8 Å². The van der Waals surface area contributed by atoms with Crippen LogP contribution in [0.15, 0.2) is 71.6 Å². The largest absolute Gasteiger partial charge is 0.394 e. The highest BCUT2D eigenvalue weighted by Crippen LogP contribution is 2.48. The maximum Gasteiger partial charge on any atom is 0.243 e. The SMILES string of the molecule is Cc1ccc(S(=O)(=O)N2CC[C@@H]3[C@H]2c2cc(C#Cc4cccc(F)c4)ccc2N[C@@H]3CO)cc1. The molecule has 34 heavy (non-hydrogen) atoms. The van der Waals surface area contributed by atoms with Crippen LogP contribution >= 0.6 is 0 Å². The van der Waals surface area contributed by atoms with Gasteiger partial charge in [-0.2, -0.15) is 4.31 Å². The van der Waals surface area contributed by atoms with Crippen molar-refractivity contribution >= 4 is 15.7 Å². The smallest absolute Gasteiger partial charge is 0.243 e. The Morgan fingerprint density at radius 2 is 1.79 bits per heavy atom. The van der Waals surface area contributed by atoms with Crippen molar-refractivity contribution in [1.29, 1.82) is 0 Å². The van der Waals surface area contributed by atoms with E-state index in [1.54, 1.807) is 40.7 Å². The van der Waals surface area contributed by atoms with Crippen LogP contribution < -0.4 is 5.32 Å². The van der Waals surface area contributed by atoms with E-state index in [2.05, 4.69) is 17.2 Å². The highest BCUT2D eigenvalue weighted by Gasteiger charge is 2.48. The van der Waals surface area contributed by atoms with Gasteiger partial charge in [-0.25, -0.2) is 12.8 Å². The van der Waals surface area contributed by atoms with Crippen molar-refractivity contribution in [3.63, 3.8) is 0 Å². The average Bonchev–Trinajstić information content (AvgIpc) is 3.29. The quantitative estimate of drug-likeness (QED) is 0.559. The van der Waals surface area contributed by atoms with Crippen LogP contribution in [0.25, 0.3) is 0 Å². The zero-order valence-corrected chi connectivity index (χ0v) is 19.5. The average molecular weight is 477 g/mol. The number of hydrogen-bond donors (Lipinski definition) is 2. The van der Waals surface area contributed by atoms with E-state index in [4.69, 9.17) is 0 Å². The van der Waals surface area contributed by atoms with Crippen LogP contribution in [0, 0.1) is 30.5 Å². The van der Waals surface area contributed by atoms with E-state index >= 15 is 0 Å². The normalized spacial score (nSPS) is 21.7. The number of halogens is 1. The summed E-state index contributed by atoms with van der Waals surface area (Å²) in [5.41, 5.74) is 3.91. The monoisotopic (exact) mass is 476 g/mol. The molecule has 0 spiro atoms. The molecule has 1 saturated heterocycles. The van der Waals surface area contributed by atoms with Gasteiger partial charge in [-0.3, -0.25) is 0 Å². The van der Waals surface area contributed by atoms with Crippen LogP contribution in [0.3, 0.4) is 0 Å². The van der Waals surface area contributed by atoms with Gasteiger partial charge in [0, 0.05) is 29.3 Å². The highest BCUT2D eigenvalue weighted by atomic mass is 32.2. The Morgan fingerprint density at radius 1 is 1.06 bits per heavy atom. The van der Waals surface area contributed by atoms with Crippen molar-refractivity contribution in [2.24, 2.45) is 5.92 Å². The van der Waals surface area contributed by atoms with E-state index in [9.17, 15) is 17.9 Å². The number of sulfonamides is 1. The Labute approximate surface area is 199 Å². The van der Waals surface area contributed by atoms with E-state index < -0.39 is 16.1 Å². The number of rotatable bonds is 3. The summed E-state index contributed by atoms with van der Waals surface area (Å²) in [6.07, 6.45) is 0.645. The number of aryl methyl sites for hydroxylation is 1. The molecule has 3 atom stereocenters. The van der Waals surface area contributed by atoms with Gasteiger partial charge in [0.15, 0.2) is 0 Å². The first-order chi connectivity index (χ1) is 16.4. The van der Waals surface area contributed by atoms with Crippen LogP contribution in [0.5, 0.6) is 0 Å². The summed E-state index contributed by atoms with van der Waals surface area (Å²) in [7, 11) is -3.73. The summed E-state index contributed by atoms with van der Waals surface area (Å²) < 4.78 is 42.3. The number of benzene rings is 3. The molecule has 7 heteroatoms. The molecule has 0 unspecified atom stereocenters. The van der Waals surface area contributed by atoms with Crippen LogP contribution in [-0.4, -0.2) is 37.0 Å². The predicted molar refractivity (Wildman–Crippen MR) is 129 cm³/mol. The van der Waals surface area contributed by atoms with Crippen molar-refractivity contribution in [1.82, 2.24) is 4.31 Å². The second-order valence-electron chi connectivity index (χ2n) is 8.82.